The first-order chi connectivity index (χ1) is 15.1. The molecule has 1 saturated carbocycles. The van der Waals surface area contributed by atoms with Gasteiger partial charge in [-0.2, -0.15) is 0 Å². The number of hydrogen-bond donors (Lipinski definition) is 2. The maximum Gasteiger partial charge on any atom is 0.225 e. The molecule has 0 spiro atoms. The molecular formula is C25H41IN4O2. The molecule has 6 nitrogen and oxygen atoms in total. The van der Waals surface area contributed by atoms with E-state index in [1.165, 1.54) is 12.8 Å². The molecule has 1 saturated heterocycles. The van der Waals surface area contributed by atoms with Crippen LogP contribution in [-0.4, -0.2) is 49.0 Å². The fraction of sp³-hybridized carbons (Fsp3) is 0.680. The van der Waals surface area contributed by atoms with E-state index in [0.717, 1.165) is 75.1 Å². The summed E-state index contributed by atoms with van der Waals surface area (Å²) in [6.07, 6.45) is 6.34. The van der Waals surface area contributed by atoms with Gasteiger partial charge in [-0.1, -0.05) is 32.0 Å². The summed E-state index contributed by atoms with van der Waals surface area (Å²) in [5, 5.41) is 6.95. The first-order valence-electron chi connectivity index (χ1n) is 12.2. The quantitative estimate of drug-likeness (QED) is 0.252. The van der Waals surface area contributed by atoms with Gasteiger partial charge in [-0.15, -0.1) is 24.0 Å². The number of nitrogens with one attached hydrogen (secondary N) is 2. The van der Waals surface area contributed by atoms with Gasteiger partial charge in [-0.05, 0) is 57.4 Å². The van der Waals surface area contributed by atoms with E-state index in [-0.39, 0.29) is 29.9 Å². The third kappa shape index (κ3) is 8.12. The molecule has 0 unspecified atom stereocenters. The molecule has 7 heteroatoms. The Morgan fingerprint density at radius 3 is 2.44 bits per heavy atom. The first kappa shape index (κ1) is 26.7. The second-order valence-corrected chi connectivity index (χ2v) is 8.81. The Morgan fingerprint density at radius 1 is 1.12 bits per heavy atom. The van der Waals surface area contributed by atoms with E-state index >= 15 is 0 Å². The molecule has 0 bridgehead atoms. The lowest BCUT2D eigenvalue weighted by molar-refractivity contribution is -0.136. The predicted molar refractivity (Wildman–Crippen MR) is 142 cm³/mol. The lowest BCUT2D eigenvalue weighted by Gasteiger charge is -2.34. The minimum absolute atomic E-state index is 0. The molecule has 180 valence electrons. The van der Waals surface area contributed by atoms with Crippen LogP contribution < -0.4 is 15.4 Å². The number of hydrogen-bond acceptors (Lipinski definition) is 3. The Bertz CT molecular complexity index is 726. The van der Waals surface area contributed by atoms with Crippen LogP contribution in [0.5, 0.6) is 5.75 Å². The van der Waals surface area contributed by atoms with Crippen LogP contribution in [0.1, 0.15) is 64.9 Å². The van der Waals surface area contributed by atoms with Gasteiger partial charge in [0.1, 0.15) is 5.75 Å². The molecular weight excluding hydrogens is 515 g/mol. The molecule has 1 aromatic rings. The minimum Gasteiger partial charge on any atom is -0.493 e. The zero-order valence-corrected chi connectivity index (χ0v) is 22.3. The third-order valence-electron chi connectivity index (χ3n) is 6.38. The maximum atomic E-state index is 12.6. The molecule has 0 atom stereocenters. The number of guanidine groups is 1. The summed E-state index contributed by atoms with van der Waals surface area (Å²) in [6.45, 7) is 10.2. The highest BCUT2D eigenvalue weighted by molar-refractivity contribution is 14.0. The smallest absolute Gasteiger partial charge is 0.225 e. The van der Waals surface area contributed by atoms with Crippen LogP contribution in [0.3, 0.4) is 0 Å². The number of piperidine rings is 1. The van der Waals surface area contributed by atoms with Crippen LogP contribution >= 0.6 is 24.0 Å². The van der Waals surface area contributed by atoms with E-state index in [1.807, 2.05) is 23.1 Å². The summed E-state index contributed by atoms with van der Waals surface area (Å²) in [5.41, 5.74) is 1.12. The highest BCUT2D eigenvalue weighted by atomic mass is 127. The maximum absolute atomic E-state index is 12.6. The van der Waals surface area contributed by atoms with Gasteiger partial charge >= 0.3 is 0 Å². The fourth-order valence-corrected chi connectivity index (χ4v) is 4.09. The van der Waals surface area contributed by atoms with Gasteiger partial charge in [0.25, 0.3) is 0 Å². The average Bonchev–Trinajstić information content (AvgIpc) is 3.62. The van der Waals surface area contributed by atoms with Crippen LogP contribution in [-0.2, 0) is 11.3 Å². The lowest BCUT2D eigenvalue weighted by Crippen LogP contribution is -2.50. The van der Waals surface area contributed by atoms with Crippen molar-refractivity contribution in [1.82, 2.24) is 15.5 Å². The molecule has 1 amide bonds. The number of benzene rings is 1. The van der Waals surface area contributed by atoms with Gasteiger partial charge in [0.05, 0.1) is 13.2 Å². The van der Waals surface area contributed by atoms with Gasteiger partial charge in [-0.25, -0.2) is 4.99 Å². The van der Waals surface area contributed by atoms with Crippen molar-refractivity contribution in [2.45, 2.75) is 71.9 Å². The summed E-state index contributed by atoms with van der Waals surface area (Å²) < 4.78 is 6.03. The van der Waals surface area contributed by atoms with Crippen molar-refractivity contribution >= 4 is 35.8 Å². The summed E-state index contributed by atoms with van der Waals surface area (Å²) in [4.78, 5) is 19.5. The van der Waals surface area contributed by atoms with Gasteiger partial charge in [0.15, 0.2) is 5.96 Å². The molecule has 1 aliphatic carbocycles. The molecule has 3 rings (SSSR count). The largest absolute Gasteiger partial charge is 0.493 e. The Hall–Kier alpha value is -1.51. The minimum atomic E-state index is 0. The summed E-state index contributed by atoms with van der Waals surface area (Å²) in [5.74, 6) is 3.02. The Labute approximate surface area is 211 Å². The van der Waals surface area contributed by atoms with Gasteiger partial charge in [0, 0.05) is 37.2 Å². The number of para-hydroxylation sites is 1. The number of ether oxygens (including phenoxy) is 1. The van der Waals surface area contributed by atoms with Crippen molar-refractivity contribution in [1.29, 1.82) is 0 Å². The van der Waals surface area contributed by atoms with Gasteiger partial charge < -0.3 is 20.3 Å². The molecule has 2 N–H and O–H groups in total. The van der Waals surface area contributed by atoms with Crippen molar-refractivity contribution < 1.29 is 9.53 Å². The van der Waals surface area contributed by atoms with Crippen molar-refractivity contribution in [3.05, 3.63) is 29.8 Å². The van der Waals surface area contributed by atoms with E-state index in [0.29, 0.717) is 18.5 Å². The van der Waals surface area contributed by atoms with Crippen molar-refractivity contribution in [2.24, 2.45) is 16.8 Å². The van der Waals surface area contributed by atoms with Crippen LogP contribution in [0.25, 0.3) is 0 Å². The molecule has 1 aliphatic heterocycles. The SMILES string of the molecule is CCNC(=NCc1ccccc1OCC1CC1)NC1CCN(C(=O)C(CC)CC)CC1.I. The average molecular weight is 557 g/mol. The summed E-state index contributed by atoms with van der Waals surface area (Å²) in [6, 6.07) is 8.54. The Balaban J connectivity index is 0.00000363. The molecule has 0 aromatic heterocycles. The number of rotatable bonds is 10. The summed E-state index contributed by atoms with van der Waals surface area (Å²) >= 11 is 0. The number of amides is 1. The highest BCUT2D eigenvalue weighted by Gasteiger charge is 2.27. The lowest BCUT2D eigenvalue weighted by atomic mass is 9.98. The molecule has 2 fully saturated rings. The molecule has 1 heterocycles. The second kappa shape index (κ2) is 13.9. The van der Waals surface area contributed by atoms with Crippen LogP contribution in [0.4, 0.5) is 0 Å². The van der Waals surface area contributed by atoms with E-state index in [2.05, 4.69) is 37.5 Å². The third-order valence-corrected chi connectivity index (χ3v) is 6.38. The number of likely N-dealkylation sites (tertiary alicyclic amines) is 1. The summed E-state index contributed by atoms with van der Waals surface area (Å²) in [7, 11) is 0. The van der Waals surface area contributed by atoms with Crippen molar-refractivity contribution in [3.63, 3.8) is 0 Å². The van der Waals surface area contributed by atoms with Crippen LogP contribution in [0.2, 0.25) is 0 Å². The van der Waals surface area contributed by atoms with Gasteiger partial charge in [-0.3, -0.25) is 4.79 Å². The monoisotopic (exact) mass is 556 g/mol. The number of carbonyl (C=O) groups is 1. The number of aliphatic imine (C=N–C) groups is 1. The van der Waals surface area contributed by atoms with Crippen molar-refractivity contribution in [3.8, 4) is 5.75 Å². The molecule has 0 radical (unpaired) electrons. The van der Waals surface area contributed by atoms with Crippen molar-refractivity contribution in [2.75, 3.05) is 26.2 Å². The van der Waals surface area contributed by atoms with Crippen LogP contribution in [0, 0.1) is 11.8 Å². The predicted octanol–water partition coefficient (Wildman–Crippen LogP) is 4.58. The number of nitrogens with zero attached hydrogens (tertiary/aromatic N) is 2. The topological polar surface area (TPSA) is 66.0 Å². The van der Waals surface area contributed by atoms with Gasteiger partial charge in [0.2, 0.25) is 5.91 Å². The second-order valence-electron chi connectivity index (χ2n) is 8.81. The molecule has 32 heavy (non-hydrogen) atoms. The number of carbonyl (C=O) groups excluding carboxylic acids is 1. The van der Waals surface area contributed by atoms with Crippen LogP contribution in [0.15, 0.2) is 29.3 Å². The normalized spacial score (nSPS) is 17.1. The first-order valence-corrected chi connectivity index (χ1v) is 12.2. The van der Waals surface area contributed by atoms with E-state index in [4.69, 9.17) is 9.73 Å². The van der Waals surface area contributed by atoms with E-state index in [1.54, 1.807) is 0 Å². The Morgan fingerprint density at radius 2 is 1.81 bits per heavy atom. The Kier molecular flexibility index (Phi) is 11.6. The van der Waals surface area contributed by atoms with E-state index in [9.17, 15) is 4.79 Å². The standard InChI is InChI=1S/C25H40N4O2.HI/c1-4-20(5-2)24(30)29-15-13-22(14-16-29)28-25(26-6-3)27-17-21-9-7-8-10-23(21)31-18-19-11-12-19;/h7-10,19-20,22H,4-6,11-18H2,1-3H3,(H2,26,27,28);1H. The molecule has 2 aliphatic rings. The van der Waals surface area contributed by atoms with E-state index < -0.39 is 0 Å². The number of halogens is 1. The highest BCUT2D eigenvalue weighted by Crippen LogP contribution is 2.30. The zero-order valence-electron chi connectivity index (χ0n) is 19.9. The zero-order chi connectivity index (χ0) is 22.1. The molecule has 1 aromatic carbocycles. The fourth-order valence-electron chi connectivity index (χ4n) is 4.09.